The SMILES string of the molecule is COCCN(CC1CCCN1)C(C)CC(=O)OC. The van der Waals surface area contributed by atoms with E-state index in [2.05, 4.69) is 17.1 Å². The molecule has 2 unspecified atom stereocenters. The summed E-state index contributed by atoms with van der Waals surface area (Å²) in [5.74, 6) is -0.149. The molecule has 0 aromatic heterocycles. The summed E-state index contributed by atoms with van der Waals surface area (Å²) >= 11 is 0. The third-order valence-electron chi connectivity index (χ3n) is 3.51. The van der Waals surface area contributed by atoms with Crippen molar-refractivity contribution in [1.82, 2.24) is 10.2 Å². The van der Waals surface area contributed by atoms with Crippen molar-refractivity contribution in [1.29, 1.82) is 0 Å². The van der Waals surface area contributed by atoms with Crippen molar-refractivity contribution in [2.75, 3.05) is 40.5 Å². The number of rotatable bonds is 8. The molecule has 1 aliphatic heterocycles. The lowest BCUT2D eigenvalue weighted by Crippen LogP contribution is -2.44. The molecular weight excluding hydrogens is 232 g/mol. The van der Waals surface area contributed by atoms with Gasteiger partial charge in [-0.2, -0.15) is 0 Å². The Morgan fingerprint density at radius 2 is 2.28 bits per heavy atom. The van der Waals surface area contributed by atoms with E-state index in [9.17, 15) is 4.79 Å². The van der Waals surface area contributed by atoms with E-state index in [1.165, 1.54) is 20.0 Å². The molecule has 1 fully saturated rings. The molecular formula is C13H26N2O3. The van der Waals surface area contributed by atoms with Crippen LogP contribution in [0.1, 0.15) is 26.2 Å². The molecule has 2 atom stereocenters. The number of esters is 1. The lowest BCUT2D eigenvalue weighted by atomic mass is 10.1. The molecule has 0 radical (unpaired) electrons. The highest BCUT2D eigenvalue weighted by atomic mass is 16.5. The normalized spacial score (nSPS) is 21.2. The summed E-state index contributed by atoms with van der Waals surface area (Å²) in [5, 5.41) is 3.49. The minimum atomic E-state index is -0.149. The lowest BCUT2D eigenvalue weighted by Gasteiger charge is -2.30. The smallest absolute Gasteiger partial charge is 0.307 e. The first-order chi connectivity index (χ1) is 8.67. The van der Waals surface area contributed by atoms with Crippen molar-refractivity contribution in [2.45, 2.75) is 38.3 Å². The first-order valence-corrected chi connectivity index (χ1v) is 6.70. The van der Waals surface area contributed by atoms with Crippen LogP contribution < -0.4 is 5.32 Å². The van der Waals surface area contributed by atoms with Crippen LogP contribution in [0.5, 0.6) is 0 Å². The minimum Gasteiger partial charge on any atom is -0.469 e. The standard InChI is InChI=1S/C13H26N2O3/c1-11(9-13(16)18-3)15(7-8-17-2)10-12-5-4-6-14-12/h11-12,14H,4-10H2,1-3H3. The maximum absolute atomic E-state index is 11.3. The molecule has 0 amide bonds. The molecule has 5 heteroatoms. The highest BCUT2D eigenvalue weighted by Crippen LogP contribution is 2.11. The number of ether oxygens (including phenoxy) is 2. The second kappa shape index (κ2) is 8.45. The number of nitrogens with one attached hydrogen (secondary N) is 1. The molecule has 0 bridgehead atoms. The van der Waals surface area contributed by atoms with Crippen LogP contribution in [0.15, 0.2) is 0 Å². The summed E-state index contributed by atoms with van der Waals surface area (Å²) in [6.45, 7) is 5.70. The Kier molecular flexibility index (Phi) is 7.23. The van der Waals surface area contributed by atoms with Crippen LogP contribution in [-0.2, 0) is 14.3 Å². The van der Waals surface area contributed by atoms with Crippen LogP contribution in [0.2, 0.25) is 0 Å². The first kappa shape index (κ1) is 15.4. The molecule has 5 nitrogen and oxygen atoms in total. The average molecular weight is 258 g/mol. The summed E-state index contributed by atoms with van der Waals surface area (Å²) in [7, 11) is 3.14. The molecule has 0 aromatic carbocycles. The Bertz CT molecular complexity index is 242. The van der Waals surface area contributed by atoms with E-state index in [0.29, 0.717) is 19.1 Å². The molecule has 0 aliphatic carbocycles. The van der Waals surface area contributed by atoms with E-state index in [4.69, 9.17) is 9.47 Å². The Balaban J connectivity index is 2.44. The zero-order valence-corrected chi connectivity index (χ0v) is 11.8. The van der Waals surface area contributed by atoms with E-state index in [-0.39, 0.29) is 12.0 Å². The van der Waals surface area contributed by atoms with E-state index < -0.39 is 0 Å². The topological polar surface area (TPSA) is 50.8 Å². The van der Waals surface area contributed by atoms with E-state index >= 15 is 0 Å². The Morgan fingerprint density at radius 3 is 2.83 bits per heavy atom. The maximum atomic E-state index is 11.3. The predicted molar refractivity (Wildman–Crippen MR) is 70.6 cm³/mol. The van der Waals surface area contributed by atoms with Gasteiger partial charge in [-0.25, -0.2) is 0 Å². The van der Waals surface area contributed by atoms with Crippen LogP contribution in [-0.4, -0.2) is 63.4 Å². The van der Waals surface area contributed by atoms with Crippen LogP contribution >= 0.6 is 0 Å². The summed E-state index contributed by atoms with van der Waals surface area (Å²) < 4.78 is 9.87. The molecule has 1 N–H and O–H groups in total. The fraction of sp³-hybridized carbons (Fsp3) is 0.923. The van der Waals surface area contributed by atoms with Gasteiger partial charge < -0.3 is 14.8 Å². The Labute approximate surface area is 110 Å². The second-order valence-electron chi connectivity index (χ2n) is 4.91. The van der Waals surface area contributed by atoms with Gasteiger partial charge in [-0.1, -0.05) is 0 Å². The van der Waals surface area contributed by atoms with Gasteiger partial charge >= 0.3 is 5.97 Å². The van der Waals surface area contributed by atoms with Crippen LogP contribution in [0.4, 0.5) is 0 Å². The summed E-state index contributed by atoms with van der Waals surface area (Å²) in [4.78, 5) is 13.7. The number of hydrogen-bond acceptors (Lipinski definition) is 5. The highest BCUT2D eigenvalue weighted by molar-refractivity contribution is 5.69. The number of hydrogen-bond donors (Lipinski definition) is 1. The number of carbonyl (C=O) groups excluding carboxylic acids is 1. The Morgan fingerprint density at radius 1 is 1.50 bits per heavy atom. The zero-order valence-electron chi connectivity index (χ0n) is 11.8. The van der Waals surface area contributed by atoms with Gasteiger partial charge in [0.15, 0.2) is 0 Å². The van der Waals surface area contributed by atoms with Gasteiger partial charge in [0, 0.05) is 32.3 Å². The van der Waals surface area contributed by atoms with E-state index in [0.717, 1.165) is 19.6 Å². The van der Waals surface area contributed by atoms with Gasteiger partial charge in [0.25, 0.3) is 0 Å². The quantitative estimate of drug-likeness (QED) is 0.647. The number of methoxy groups -OCH3 is 2. The fourth-order valence-electron chi connectivity index (χ4n) is 2.35. The largest absolute Gasteiger partial charge is 0.469 e. The van der Waals surface area contributed by atoms with Crippen LogP contribution in [0.3, 0.4) is 0 Å². The van der Waals surface area contributed by atoms with Crippen LogP contribution in [0, 0.1) is 0 Å². The van der Waals surface area contributed by atoms with Crippen molar-refractivity contribution in [2.24, 2.45) is 0 Å². The average Bonchev–Trinajstić information content (AvgIpc) is 2.86. The summed E-state index contributed by atoms with van der Waals surface area (Å²) in [6.07, 6.45) is 2.90. The molecule has 1 heterocycles. The Hall–Kier alpha value is -0.650. The van der Waals surface area contributed by atoms with Crippen LogP contribution in [0.25, 0.3) is 0 Å². The molecule has 0 aromatic rings. The highest BCUT2D eigenvalue weighted by Gasteiger charge is 2.22. The number of carbonyl (C=O) groups is 1. The minimum absolute atomic E-state index is 0.149. The summed E-state index contributed by atoms with van der Waals surface area (Å²) in [5.41, 5.74) is 0. The van der Waals surface area contributed by atoms with Gasteiger partial charge in [0.1, 0.15) is 0 Å². The molecule has 0 spiro atoms. The predicted octanol–water partition coefficient (Wildman–Crippen LogP) is 0.638. The molecule has 106 valence electrons. The maximum Gasteiger partial charge on any atom is 0.307 e. The molecule has 18 heavy (non-hydrogen) atoms. The molecule has 1 rings (SSSR count). The second-order valence-corrected chi connectivity index (χ2v) is 4.91. The van der Waals surface area contributed by atoms with Gasteiger partial charge in [-0.15, -0.1) is 0 Å². The van der Waals surface area contributed by atoms with Crippen molar-refractivity contribution < 1.29 is 14.3 Å². The monoisotopic (exact) mass is 258 g/mol. The number of nitrogens with zero attached hydrogens (tertiary/aromatic N) is 1. The first-order valence-electron chi connectivity index (χ1n) is 6.70. The molecule has 1 aliphatic rings. The third-order valence-corrected chi connectivity index (χ3v) is 3.51. The lowest BCUT2D eigenvalue weighted by molar-refractivity contribution is -0.142. The van der Waals surface area contributed by atoms with Gasteiger partial charge in [-0.3, -0.25) is 9.69 Å². The molecule has 0 saturated carbocycles. The van der Waals surface area contributed by atoms with Crippen molar-refractivity contribution in [3.8, 4) is 0 Å². The van der Waals surface area contributed by atoms with E-state index in [1.54, 1.807) is 7.11 Å². The van der Waals surface area contributed by atoms with Gasteiger partial charge in [0.05, 0.1) is 20.1 Å². The van der Waals surface area contributed by atoms with Gasteiger partial charge in [0.2, 0.25) is 0 Å². The molecule has 1 saturated heterocycles. The van der Waals surface area contributed by atoms with Crippen molar-refractivity contribution >= 4 is 5.97 Å². The van der Waals surface area contributed by atoms with Crippen molar-refractivity contribution in [3.05, 3.63) is 0 Å². The fourth-order valence-corrected chi connectivity index (χ4v) is 2.35. The van der Waals surface area contributed by atoms with Crippen molar-refractivity contribution in [3.63, 3.8) is 0 Å². The van der Waals surface area contributed by atoms with Gasteiger partial charge in [-0.05, 0) is 26.3 Å². The third kappa shape index (κ3) is 5.33. The summed E-state index contributed by atoms with van der Waals surface area (Å²) in [6, 6.07) is 0.733. The van der Waals surface area contributed by atoms with E-state index in [1.807, 2.05) is 0 Å². The zero-order chi connectivity index (χ0) is 13.4.